The van der Waals surface area contributed by atoms with E-state index in [2.05, 4.69) is 25.0 Å². The molecule has 0 rings (SSSR count). The molecule has 0 spiro atoms. The van der Waals surface area contributed by atoms with Crippen LogP contribution in [0.2, 0.25) is 0 Å². The molecule has 0 unspecified atom stereocenters. The molecular formula is H14ClCoO7. The first kappa shape index (κ1) is 300. The molecule has 0 aromatic carbocycles. The summed E-state index contributed by atoms with van der Waals surface area (Å²) in [5.74, 6) is 0. The molecule has 0 amide bonds. The Morgan fingerprint density at radius 1 is 0.444 bits per heavy atom. The summed E-state index contributed by atoms with van der Waals surface area (Å²) in [5.41, 5.74) is 0. The molecule has 0 atom stereocenters. The van der Waals surface area contributed by atoms with E-state index in [4.69, 9.17) is 0 Å². The van der Waals surface area contributed by atoms with Crippen LogP contribution in [0.15, 0.2) is 0 Å². The van der Waals surface area contributed by atoms with Gasteiger partial charge in [0.1, 0.15) is 0 Å². The first-order chi connectivity index (χ1) is 1.00. The van der Waals surface area contributed by atoms with E-state index in [0.29, 0.717) is 0 Å². The van der Waals surface area contributed by atoms with Crippen LogP contribution in [0.5, 0.6) is 0 Å². The van der Waals surface area contributed by atoms with Gasteiger partial charge in [-0.25, -0.2) is 0 Å². The Labute approximate surface area is 64.0 Å². The van der Waals surface area contributed by atoms with Gasteiger partial charge < -0.3 is 38.3 Å². The monoisotopic (exact) mass is 220 g/mol. The molecule has 0 bridgehead atoms. The summed E-state index contributed by atoms with van der Waals surface area (Å²) in [4.78, 5) is 0. The van der Waals surface area contributed by atoms with Gasteiger partial charge >= 0.3 is 25.0 Å². The third-order valence-electron chi connectivity index (χ3n) is 0. The second kappa shape index (κ2) is 1800. The summed E-state index contributed by atoms with van der Waals surface area (Å²) in [6, 6.07) is 0. The Kier molecular flexibility index (Phi) is 60200. The van der Waals surface area contributed by atoms with Gasteiger partial charge in [0, 0.05) is 0 Å². The molecule has 0 aliphatic carbocycles. The molecule has 9 heteroatoms. The van der Waals surface area contributed by atoms with Crippen LogP contribution in [0, 0.1) is 0 Å². The molecule has 0 aliphatic rings. The molecule has 14 N–H and O–H groups in total. The average Bonchev–Trinajstić information content (AvgIpc) is 1.00. The van der Waals surface area contributed by atoms with E-state index >= 15 is 0 Å². The molecule has 0 radical (unpaired) electrons. The first-order valence-corrected chi connectivity index (χ1v) is 1.56. The van der Waals surface area contributed by atoms with E-state index in [1.807, 2.05) is 0 Å². The van der Waals surface area contributed by atoms with Crippen LogP contribution in [0.1, 0.15) is 0 Å². The summed E-state index contributed by atoms with van der Waals surface area (Å²) in [6.45, 7) is 0. The molecule has 7 nitrogen and oxygen atoms in total. The SMILES string of the molecule is O.O.O.O.O.O.O.[Cl][Co]. The Hall–Kier alpha value is 0.516. The quantitative estimate of drug-likeness (QED) is 0.373. The fraction of sp³-hybridized carbons (Fsp3) is 0. The van der Waals surface area contributed by atoms with Crippen molar-refractivity contribution in [1.82, 2.24) is 0 Å². The molecule has 0 saturated carbocycles. The third kappa shape index (κ3) is 1360. The average molecular weight is 220 g/mol. The zero-order chi connectivity index (χ0) is 2.00. The van der Waals surface area contributed by atoms with E-state index < -0.39 is 0 Å². The predicted octanol–water partition coefficient (Wildman–Crippen LogP) is -5.09. The van der Waals surface area contributed by atoms with Crippen LogP contribution in [-0.2, 0) is 14.8 Å². The Morgan fingerprint density at radius 2 is 0.444 bits per heavy atom. The van der Waals surface area contributed by atoms with Crippen LogP contribution in [0.3, 0.4) is 0 Å². The van der Waals surface area contributed by atoms with Crippen LogP contribution in [0.4, 0.5) is 0 Å². The molecule has 72 valence electrons. The van der Waals surface area contributed by atoms with Crippen LogP contribution in [0.25, 0.3) is 0 Å². The summed E-state index contributed by atoms with van der Waals surface area (Å²) in [6.07, 6.45) is 0. The molecule has 9 heavy (non-hydrogen) atoms. The maximum atomic E-state index is 4.33. The van der Waals surface area contributed by atoms with Crippen LogP contribution < -0.4 is 0 Å². The zero-order valence-corrected chi connectivity index (χ0v) is 6.01. The topological polar surface area (TPSA) is 220 Å². The van der Waals surface area contributed by atoms with Crippen molar-refractivity contribution in [3.63, 3.8) is 0 Å². The fourth-order valence-electron chi connectivity index (χ4n) is 0. The zero-order valence-electron chi connectivity index (χ0n) is 4.21. The molecule has 0 aromatic rings. The number of hydrogen-bond acceptors (Lipinski definition) is 0. The van der Waals surface area contributed by atoms with Crippen LogP contribution >= 0.6 is 10.1 Å². The van der Waals surface area contributed by atoms with Crippen molar-refractivity contribution in [1.29, 1.82) is 0 Å². The summed E-state index contributed by atoms with van der Waals surface area (Å²) in [5, 5.41) is 0. The first-order valence-electron chi connectivity index (χ1n) is 0.126. The third-order valence-corrected chi connectivity index (χ3v) is 0. The van der Waals surface area contributed by atoms with Gasteiger partial charge in [-0.05, 0) is 0 Å². The van der Waals surface area contributed by atoms with Gasteiger partial charge in [-0.15, -0.1) is 0 Å². The van der Waals surface area contributed by atoms with Crippen molar-refractivity contribution in [2.75, 3.05) is 0 Å². The fourth-order valence-corrected chi connectivity index (χ4v) is 0. The van der Waals surface area contributed by atoms with Gasteiger partial charge in [0.05, 0.1) is 0 Å². The normalized spacial score (nSPS) is 0.778. The Morgan fingerprint density at radius 3 is 0.444 bits per heavy atom. The Bertz CT molecular complexity index is 8.88. The van der Waals surface area contributed by atoms with Gasteiger partial charge in [0.25, 0.3) is 0 Å². The van der Waals surface area contributed by atoms with E-state index in [1.165, 1.54) is 0 Å². The van der Waals surface area contributed by atoms with Gasteiger partial charge in [-0.1, -0.05) is 0 Å². The van der Waals surface area contributed by atoms with Gasteiger partial charge in [0.15, 0.2) is 0 Å². The van der Waals surface area contributed by atoms with Gasteiger partial charge in [-0.2, -0.15) is 0 Å². The van der Waals surface area contributed by atoms with E-state index in [1.54, 1.807) is 0 Å². The molecule has 0 aromatic heterocycles. The number of hydrogen-bond donors (Lipinski definition) is 0. The number of halogens is 1. The summed E-state index contributed by atoms with van der Waals surface area (Å²) >= 11 is 3.03. The predicted molar refractivity (Wildman–Crippen MR) is 31.1 cm³/mol. The Balaban J connectivity index is -0.000000000238. The van der Waals surface area contributed by atoms with Gasteiger partial charge in [-0.3, -0.25) is 0 Å². The summed E-state index contributed by atoms with van der Waals surface area (Å²) in [7, 11) is 4.33. The van der Waals surface area contributed by atoms with Crippen molar-refractivity contribution in [2.45, 2.75) is 0 Å². The molecule has 0 heterocycles. The van der Waals surface area contributed by atoms with Crippen molar-refractivity contribution in [3.8, 4) is 0 Å². The minimum atomic E-state index is 0. The van der Waals surface area contributed by atoms with Crippen molar-refractivity contribution in [2.24, 2.45) is 0 Å². The molecular weight excluding hydrogens is 206 g/mol. The number of rotatable bonds is 0. The second-order valence-corrected chi connectivity index (χ2v) is 0. The summed E-state index contributed by atoms with van der Waals surface area (Å²) < 4.78 is 0. The van der Waals surface area contributed by atoms with Gasteiger partial charge in [0.2, 0.25) is 0 Å². The van der Waals surface area contributed by atoms with Crippen molar-refractivity contribution in [3.05, 3.63) is 0 Å². The van der Waals surface area contributed by atoms with Crippen molar-refractivity contribution < 1.29 is 53.2 Å². The minimum absolute atomic E-state index is 0. The molecule has 0 fully saturated rings. The second-order valence-electron chi connectivity index (χ2n) is 0. The van der Waals surface area contributed by atoms with E-state index in [-0.39, 0.29) is 38.3 Å². The van der Waals surface area contributed by atoms with E-state index in [0.717, 1.165) is 0 Å². The maximum absolute atomic E-state index is 4.33. The molecule has 0 saturated heterocycles. The standard InChI is InChI=1S/ClH.Co.7H2O/h1H;;7*1H2/q;+1;;;;;;;/p-1. The van der Waals surface area contributed by atoms with Crippen LogP contribution in [-0.4, -0.2) is 38.3 Å². The molecule has 0 aliphatic heterocycles. The van der Waals surface area contributed by atoms with E-state index in [9.17, 15) is 0 Å². The van der Waals surface area contributed by atoms with Crippen molar-refractivity contribution >= 4 is 10.1 Å².